The maximum Gasteiger partial charge on any atom is 0.238 e. The highest BCUT2D eigenvalue weighted by atomic mass is 32.1. The number of hydrogen-bond donors (Lipinski definition) is 0. The van der Waals surface area contributed by atoms with E-state index in [1.165, 1.54) is 30.9 Å². The maximum atomic E-state index is 6.29. The Morgan fingerprint density at radius 2 is 1.16 bits per heavy atom. The van der Waals surface area contributed by atoms with Gasteiger partial charge in [-0.3, -0.25) is 4.57 Å². The van der Waals surface area contributed by atoms with E-state index in [0.29, 0.717) is 17.6 Å². The van der Waals surface area contributed by atoms with Gasteiger partial charge in [-0.1, -0.05) is 109 Å². The van der Waals surface area contributed by atoms with Crippen LogP contribution in [0.4, 0.5) is 0 Å². The number of para-hydroxylation sites is 3. The highest BCUT2D eigenvalue weighted by Gasteiger charge is 2.20. The molecule has 0 atom stereocenters. The lowest BCUT2D eigenvalue weighted by Crippen LogP contribution is -2.06. The van der Waals surface area contributed by atoms with E-state index in [1.54, 1.807) is 0 Å². The molecule has 0 saturated heterocycles. The van der Waals surface area contributed by atoms with Crippen LogP contribution in [0, 0.1) is 0 Å². The Morgan fingerprint density at radius 3 is 2.00 bits per heavy atom. The molecule has 7 aromatic carbocycles. The number of aromatic nitrogens is 4. The van der Waals surface area contributed by atoms with E-state index in [-0.39, 0.29) is 0 Å². The zero-order chi connectivity index (χ0) is 32.1. The molecule has 0 spiro atoms. The summed E-state index contributed by atoms with van der Waals surface area (Å²) in [5, 5.41) is 9.27. The lowest BCUT2D eigenvalue weighted by atomic mass is 10.0. The minimum Gasteiger partial charge on any atom is -0.456 e. The van der Waals surface area contributed by atoms with Crippen LogP contribution in [0.25, 0.3) is 103 Å². The third-order valence-corrected chi connectivity index (χ3v) is 10.9. The number of fused-ring (bicyclic) bond motifs is 11. The summed E-state index contributed by atoms with van der Waals surface area (Å²) >= 11 is 1.83. The molecule has 0 aliphatic heterocycles. The quantitative estimate of drug-likeness (QED) is 0.192. The molecule has 0 bridgehead atoms. The van der Waals surface area contributed by atoms with Gasteiger partial charge in [-0.2, -0.15) is 9.97 Å². The van der Waals surface area contributed by atoms with Gasteiger partial charge in [0.25, 0.3) is 0 Å². The number of furan rings is 1. The van der Waals surface area contributed by atoms with Crippen LogP contribution in [0.3, 0.4) is 0 Å². The number of thiophene rings is 1. The predicted molar refractivity (Wildman–Crippen MR) is 203 cm³/mol. The molecule has 228 valence electrons. The van der Waals surface area contributed by atoms with Crippen molar-refractivity contribution >= 4 is 86.0 Å². The topological polar surface area (TPSA) is 56.7 Å². The van der Waals surface area contributed by atoms with Gasteiger partial charge in [0, 0.05) is 58.2 Å². The van der Waals surface area contributed by atoms with E-state index >= 15 is 0 Å². The van der Waals surface area contributed by atoms with Crippen molar-refractivity contribution in [3.8, 4) is 28.7 Å². The molecule has 11 aromatic rings. The van der Waals surface area contributed by atoms with Crippen molar-refractivity contribution in [2.75, 3.05) is 0 Å². The van der Waals surface area contributed by atoms with E-state index in [4.69, 9.17) is 19.4 Å². The predicted octanol–water partition coefficient (Wildman–Crippen LogP) is 11.7. The minimum atomic E-state index is 0.572. The van der Waals surface area contributed by atoms with Gasteiger partial charge in [0.1, 0.15) is 11.2 Å². The summed E-state index contributed by atoms with van der Waals surface area (Å²) in [5.74, 6) is 1.79. The third kappa shape index (κ3) is 3.89. The van der Waals surface area contributed by atoms with E-state index in [2.05, 4.69) is 120 Å². The van der Waals surface area contributed by atoms with E-state index in [9.17, 15) is 0 Å². The first-order chi connectivity index (χ1) is 24.3. The maximum absolute atomic E-state index is 6.29. The number of rotatable bonds is 3. The van der Waals surface area contributed by atoms with Gasteiger partial charge in [-0.05, 0) is 41.8 Å². The first kappa shape index (κ1) is 26.7. The fraction of sp³-hybridized carbons (Fsp3) is 0. The largest absolute Gasteiger partial charge is 0.456 e. The molecule has 5 nitrogen and oxygen atoms in total. The molecular weight excluding hydrogens is 621 g/mol. The minimum absolute atomic E-state index is 0.572. The molecule has 4 aromatic heterocycles. The van der Waals surface area contributed by atoms with Gasteiger partial charge >= 0.3 is 0 Å². The van der Waals surface area contributed by atoms with Crippen LogP contribution in [-0.2, 0) is 0 Å². The van der Waals surface area contributed by atoms with Crippen molar-refractivity contribution in [3.63, 3.8) is 0 Å². The standard InChI is InChI=1S/C43H24N4OS/c1-5-15-34-27(10-1)28-11-2-6-16-35(28)47(34)43-45-41(44-42(46-43)32-14-9-18-37-39(32)31-13-3-7-17-36(31)48-37)26-21-20-25-22-23-30-29-12-4-8-19-38(29)49-40(30)33(25)24-26/h1-24H. The summed E-state index contributed by atoms with van der Waals surface area (Å²) in [7, 11) is 0. The summed E-state index contributed by atoms with van der Waals surface area (Å²) in [6, 6.07) is 50.8. The zero-order valence-corrected chi connectivity index (χ0v) is 26.8. The second kappa shape index (κ2) is 10.1. The van der Waals surface area contributed by atoms with Gasteiger partial charge in [0.2, 0.25) is 5.95 Å². The van der Waals surface area contributed by atoms with Gasteiger partial charge in [-0.15, -0.1) is 11.3 Å². The van der Waals surface area contributed by atoms with Crippen LogP contribution in [0.15, 0.2) is 150 Å². The SMILES string of the molecule is c1ccc2c(c1)oc1cccc(-c3nc(-c4ccc5ccc6c7ccccc7sc6c5c4)nc(-n4c5ccccc5c5ccccc54)n3)c12. The molecule has 0 radical (unpaired) electrons. The average Bonchev–Trinajstić information content (AvgIpc) is 3.84. The third-order valence-electron chi connectivity index (χ3n) is 9.67. The number of nitrogens with zero attached hydrogens (tertiary/aromatic N) is 4. The molecule has 49 heavy (non-hydrogen) atoms. The number of hydrogen-bond acceptors (Lipinski definition) is 5. The lowest BCUT2D eigenvalue weighted by molar-refractivity contribution is 0.669. The summed E-state index contributed by atoms with van der Waals surface area (Å²) in [6.07, 6.45) is 0. The Labute approximate surface area is 283 Å². The van der Waals surface area contributed by atoms with Gasteiger partial charge in [0.05, 0.1) is 11.0 Å². The highest BCUT2D eigenvalue weighted by Crippen LogP contribution is 2.41. The first-order valence-corrected chi connectivity index (χ1v) is 17.1. The lowest BCUT2D eigenvalue weighted by Gasteiger charge is -2.12. The fourth-order valence-corrected chi connectivity index (χ4v) is 8.68. The normalized spacial score (nSPS) is 12.1. The van der Waals surface area contributed by atoms with E-state index in [0.717, 1.165) is 54.9 Å². The summed E-state index contributed by atoms with van der Waals surface area (Å²) < 4.78 is 11.0. The molecular formula is C43H24N4OS. The van der Waals surface area contributed by atoms with Gasteiger partial charge in [-0.25, -0.2) is 4.98 Å². The van der Waals surface area contributed by atoms with Gasteiger partial charge < -0.3 is 4.42 Å². The van der Waals surface area contributed by atoms with Crippen molar-refractivity contribution in [1.29, 1.82) is 0 Å². The second-order valence-electron chi connectivity index (χ2n) is 12.4. The molecule has 4 heterocycles. The summed E-state index contributed by atoms with van der Waals surface area (Å²) in [6.45, 7) is 0. The summed E-state index contributed by atoms with van der Waals surface area (Å²) in [5.41, 5.74) is 5.57. The first-order valence-electron chi connectivity index (χ1n) is 16.3. The van der Waals surface area contributed by atoms with Crippen LogP contribution in [-0.4, -0.2) is 19.5 Å². The van der Waals surface area contributed by atoms with Crippen LogP contribution in [0.5, 0.6) is 0 Å². The average molecular weight is 645 g/mol. The van der Waals surface area contributed by atoms with Gasteiger partial charge in [0.15, 0.2) is 11.6 Å². The smallest absolute Gasteiger partial charge is 0.238 e. The van der Waals surface area contributed by atoms with Crippen molar-refractivity contribution in [1.82, 2.24) is 19.5 Å². The molecule has 0 aliphatic rings. The molecule has 6 heteroatoms. The molecule has 0 amide bonds. The van der Waals surface area contributed by atoms with Crippen LogP contribution >= 0.6 is 11.3 Å². The molecule has 0 saturated carbocycles. The van der Waals surface area contributed by atoms with Crippen molar-refractivity contribution in [2.24, 2.45) is 0 Å². The molecule has 0 fully saturated rings. The zero-order valence-electron chi connectivity index (χ0n) is 26.0. The van der Waals surface area contributed by atoms with Crippen molar-refractivity contribution in [2.45, 2.75) is 0 Å². The Hall–Kier alpha value is -6.37. The van der Waals surface area contributed by atoms with Crippen LogP contribution < -0.4 is 0 Å². The van der Waals surface area contributed by atoms with Crippen molar-refractivity contribution in [3.05, 3.63) is 146 Å². The van der Waals surface area contributed by atoms with Crippen LogP contribution in [0.2, 0.25) is 0 Å². The number of benzene rings is 7. The Kier molecular flexibility index (Phi) is 5.48. The molecule has 0 N–H and O–H groups in total. The second-order valence-corrected chi connectivity index (χ2v) is 13.5. The van der Waals surface area contributed by atoms with Crippen molar-refractivity contribution < 1.29 is 4.42 Å². The molecule has 0 unspecified atom stereocenters. The Balaban J connectivity index is 1.23. The monoisotopic (exact) mass is 644 g/mol. The van der Waals surface area contributed by atoms with E-state index < -0.39 is 0 Å². The summed E-state index contributed by atoms with van der Waals surface area (Å²) in [4.78, 5) is 15.7. The Morgan fingerprint density at radius 1 is 0.490 bits per heavy atom. The molecule has 11 rings (SSSR count). The highest BCUT2D eigenvalue weighted by molar-refractivity contribution is 7.26. The molecule has 0 aliphatic carbocycles. The fourth-order valence-electron chi connectivity index (χ4n) is 7.45. The van der Waals surface area contributed by atoms with Crippen LogP contribution in [0.1, 0.15) is 0 Å². The van der Waals surface area contributed by atoms with E-state index in [1.807, 2.05) is 41.7 Å². The Bertz CT molecular complexity index is 3080.